The molecule has 0 bridgehead atoms. The van der Waals surface area contributed by atoms with E-state index in [4.69, 9.17) is 0 Å². The number of aryl methyl sites for hydroxylation is 2. The van der Waals surface area contributed by atoms with E-state index in [2.05, 4.69) is 15.6 Å². The largest absolute Gasteiger partial charge is 0.343 e. The van der Waals surface area contributed by atoms with Crippen LogP contribution >= 0.6 is 0 Å². The normalized spacial score (nSPS) is 10.4. The minimum atomic E-state index is -0.280. The van der Waals surface area contributed by atoms with Crippen LogP contribution in [0.3, 0.4) is 0 Å². The van der Waals surface area contributed by atoms with E-state index in [0.717, 1.165) is 16.8 Å². The van der Waals surface area contributed by atoms with Crippen molar-refractivity contribution in [2.45, 2.75) is 13.8 Å². The van der Waals surface area contributed by atoms with Gasteiger partial charge in [-0.05, 0) is 50.2 Å². The van der Waals surface area contributed by atoms with Gasteiger partial charge in [-0.1, -0.05) is 17.2 Å². The SMILES string of the molecule is Cc1cc(C)cc(C(=O)NCC(=O)Nc2ccc(-n3ccnc3)cc2)c1. The van der Waals surface area contributed by atoms with Gasteiger partial charge in [-0.2, -0.15) is 0 Å². The molecule has 0 saturated carbocycles. The van der Waals surface area contributed by atoms with Gasteiger partial charge in [0.05, 0.1) is 12.9 Å². The van der Waals surface area contributed by atoms with Crippen LogP contribution in [0.5, 0.6) is 0 Å². The maximum Gasteiger partial charge on any atom is 0.251 e. The minimum Gasteiger partial charge on any atom is -0.343 e. The molecule has 2 N–H and O–H groups in total. The third-order valence-corrected chi connectivity index (χ3v) is 3.85. The van der Waals surface area contributed by atoms with Gasteiger partial charge in [0, 0.05) is 29.3 Å². The van der Waals surface area contributed by atoms with Gasteiger partial charge in [0.25, 0.3) is 5.91 Å². The summed E-state index contributed by atoms with van der Waals surface area (Å²) in [6.07, 6.45) is 5.25. The first-order chi connectivity index (χ1) is 12.5. The zero-order chi connectivity index (χ0) is 18.5. The van der Waals surface area contributed by atoms with E-state index in [1.54, 1.807) is 36.8 Å². The zero-order valence-electron chi connectivity index (χ0n) is 14.7. The lowest BCUT2D eigenvalue weighted by Crippen LogP contribution is -2.32. The van der Waals surface area contributed by atoms with Gasteiger partial charge in [-0.3, -0.25) is 9.59 Å². The van der Waals surface area contributed by atoms with Gasteiger partial charge >= 0.3 is 0 Å². The first kappa shape index (κ1) is 17.4. The van der Waals surface area contributed by atoms with Gasteiger partial charge in [-0.25, -0.2) is 4.98 Å². The molecule has 3 aromatic rings. The maximum absolute atomic E-state index is 12.2. The molecular formula is C20H20N4O2. The van der Waals surface area contributed by atoms with Crippen molar-refractivity contribution in [2.24, 2.45) is 0 Å². The van der Waals surface area contributed by atoms with Crippen LogP contribution in [0.25, 0.3) is 5.69 Å². The quantitative estimate of drug-likeness (QED) is 0.744. The Balaban J connectivity index is 1.54. The number of carbonyl (C=O) groups excluding carboxylic acids is 2. The van der Waals surface area contributed by atoms with Crippen molar-refractivity contribution in [3.8, 4) is 5.69 Å². The lowest BCUT2D eigenvalue weighted by atomic mass is 10.1. The molecule has 0 aliphatic heterocycles. The summed E-state index contributed by atoms with van der Waals surface area (Å²) in [5, 5.41) is 5.41. The van der Waals surface area contributed by atoms with Crippen LogP contribution in [-0.4, -0.2) is 27.9 Å². The van der Waals surface area contributed by atoms with E-state index in [1.165, 1.54) is 0 Å². The molecule has 0 saturated heterocycles. The molecule has 0 aliphatic rings. The molecule has 0 aliphatic carbocycles. The lowest BCUT2D eigenvalue weighted by molar-refractivity contribution is -0.115. The van der Waals surface area contributed by atoms with Gasteiger partial charge in [0.2, 0.25) is 5.91 Å². The monoisotopic (exact) mass is 348 g/mol. The summed E-state index contributed by atoms with van der Waals surface area (Å²) in [6.45, 7) is 3.78. The van der Waals surface area contributed by atoms with Gasteiger partial charge < -0.3 is 15.2 Å². The van der Waals surface area contributed by atoms with Crippen molar-refractivity contribution in [1.82, 2.24) is 14.9 Å². The highest BCUT2D eigenvalue weighted by Gasteiger charge is 2.09. The van der Waals surface area contributed by atoms with E-state index < -0.39 is 0 Å². The molecule has 6 nitrogen and oxygen atoms in total. The Bertz CT molecular complexity index is 895. The highest BCUT2D eigenvalue weighted by atomic mass is 16.2. The van der Waals surface area contributed by atoms with Crippen LogP contribution in [0.2, 0.25) is 0 Å². The highest BCUT2D eigenvalue weighted by molar-refractivity contribution is 5.99. The molecule has 0 atom stereocenters. The molecule has 1 heterocycles. The average Bonchev–Trinajstić information content (AvgIpc) is 3.14. The first-order valence-corrected chi connectivity index (χ1v) is 8.26. The van der Waals surface area contributed by atoms with Crippen LogP contribution in [-0.2, 0) is 4.79 Å². The van der Waals surface area contributed by atoms with Crippen molar-refractivity contribution in [1.29, 1.82) is 0 Å². The summed E-state index contributed by atoms with van der Waals surface area (Å²) in [6, 6.07) is 13.0. The Labute approximate surface area is 151 Å². The van der Waals surface area contributed by atoms with E-state index in [9.17, 15) is 9.59 Å². The smallest absolute Gasteiger partial charge is 0.251 e. The third kappa shape index (κ3) is 4.36. The Morgan fingerprint density at radius 1 is 1.04 bits per heavy atom. The molecule has 3 rings (SSSR count). The van der Waals surface area contributed by atoms with Crippen molar-refractivity contribution in [3.63, 3.8) is 0 Å². The van der Waals surface area contributed by atoms with Crippen LogP contribution < -0.4 is 10.6 Å². The fraction of sp³-hybridized carbons (Fsp3) is 0.150. The summed E-state index contributed by atoms with van der Waals surface area (Å²) in [7, 11) is 0. The molecular weight excluding hydrogens is 328 g/mol. The predicted molar refractivity (Wildman–Crippen MR) is 100 cm³/mol. The molecule has 0 unspecified atom stereocenters. The number of anilines is 1. The Morgan fingerprint density at radius 2 is 1.73 bits per heavy atom. The number of hydrogen-bond acceptors (Lipinski definition) is 3. The summed E-state index contributed by atoms with van der Waals surface area (Å²) in [4.78, 5) is 28.2. The predicted octanol–water partition coefficient (Wildman–Crippen LogP) is 2.86. The van der Waals surface area contributed by atoms with Crippen molar-refractivity contribution >= 4 is 17.5 Å². The molecule has 1 aromatic heterocycles. The number of benzene rings is 2. The number of carbonyl (C=O) groups is 2. The summed E-state index contributed by atoms with van der Waals surface area (Å²) in [5.74, 6) is -0.541. The molecule has 132 valence electrons. The fourth-order valence-corrected chi connectivity index (χ4v) is 2.70. The van der Waals surface area contributed by atoms with E-state index in [1.807, 2.05) is 42.8 Å². The van der Waals surface area contributed by atoms with Crippen LogP contribution in [0.4, 0.5) is 5.69 Å². The Hall–Kier alpha value is -3.41. The molecule has 2 amide bonds. The molecule has 26 heavy (non-hydrogen) atoms. The van der Waals surface area contributed by atoms with E-state index >= 15 is 0 Å². The Morgan fingerprint density at radius 3 is 2.35 bits per heavy atom. The number of nitrogens with zero attached hydrogens (tertiary/aromatic N) is 2. The topological polar surface area (TPSA) is 76.0 Å². The average molecular weight is 348 g/mol. The van der Waals surface area contributed by atoms with Crippen molar-refractivity contribution < 1.29 is 9.59 Å². The molecule has 0 fully saturated rings. The number of imidazole rings is 1. The van der Waals surface area contributed by atoms with Gasteiger partial charge in [0.15, 0.2) is 0 Å². The second-order valence-corrected chi connectivity index (χ2v) is 6.12. The van der Waals surface area contributed by atoms with Crippen molar-refractivity contribution in [3.05, 3.63) is 77.9 Å². The Kier molecular flexibility index (Phi) is 5.12. The molecule has 2 aromatic carbocycles. The number of amides is 2. The number of hydrogen-bond donors (Lipinski definition) is 2. The minimum absolute atomic E-state index is 0.0882. The summed E-state index contributed by atoms with van der Waals surface area (Å²) in [5.41, 5.74) is 4.19. The van der Waals surface area contributed by atoms with E-state index in [-0.39, 0.29) is 18.4 Å². The third-order valence-electron chi connectivity index (χ3n) is 3.85. The summed E-state index contributed by atoms with van der Waals surface area (Å²) >= 11 is 0. The van der Waals surface area contributed by atoms with Crippen molar-refractivity contribution in [2.75, 3.05) is 11.9 Å². The van der Waals surface area contributed by atoms with Gasteiger partial charge in [0.1, 0.15) is 0 Å². The molecule has 6 heteroatoms. The second-order valence-electron chi connectivity index (χ2n) is 6.12. The fourth-order valence-electron chi connectivity index (χ4n) is 2.70. The molecule has 0 spiro atoms. The maximum atomic E-state index is 12.2. The number of nitrogens with one attached hydrogen (secondary N) is 2. The standard InChI is InChI=1S/C20H20N4O2/c1-14-9-15(2)11-16(10-14)20(26)22-12-19(25)23-17-3-5-18(6-4-17)24-8-7-21-13-24/h3-11,13H,12H2,1-2H3,(H,22,26)(H,23,25). The second kappa shape index (κ2) is 7.65. The first-order valence-electron chi connectivity index (χ1n) is 8.26. The zero-order valence-corrected chi connectivity index (χ0v) is 14.7. The number of rotatable bonds is 5. The van der Waals surface area contributed by atoms with Gasteiger partial charge in [-0.15, -0.1) is 0 Å². The highest BCUT2D eigenvalue weighted by Crippen LogP contribution is 2.13. The summed E-state index contributed by atoms with van der Waals surface area (Å²) < 4.78 is 1.87. The lowest BCUT2D eigenvalue weighted by Gasteiger charge is -2.09. The van der Waals surface area contributed by atoms with Crippen LogP contribution in [0, 0.1) is 13.8 Å². The van der Waals surface area contributed by atoms with Crippen LogP contribution in [0.1, 0.15) is 21.5 Å². The van der Waals surface area contributed by atoms with E-state index in [0.29, 0.717) is 11.3 Å². The number of aromatic nitrogens is 2. The van der Waals surface area contributed by atoms with Crippen LogP contribution in [0.15, 0.2) is 61.2 Å². The molecule has 0 radical (unpaired) electrons.